The fraction of sp³-hybridized carbons (Fsp3) is 0.556. The number of ether oxygens (including phenoxy) is 2. The Hall–Kier alpha value is -0.793. The van der Waals surface area contributed by atoms with Crippen LogP contribution in [0, 0.1) is 10.9 Å². The third-order valence-corrected chi connectivity index (χ3v) is 4.54. The first-order chi connectivity index (χ1) is 10.9. The normalized spacial score (nSPS) is 15.9. The van der Waals surface area contributed by atoms with Crippen molar-refractivity contribution in [2.24, 2.45) is 10.4 Å². The van der Waals surface area contributed by atoms with Crippen LogP contribution < -0.4 is 23.6 Å². The number of benzene rings is 1. The molecule has 24 heavy (non-hydrogen) atoms. The second-order valence-electron chi connectivity index (χ2n) is 6.86. The van der Waals surface area contributed by atoms with Gasteiger partial charge in [0.15, 0.2) is 0 Å². The topological polar surface area (TPSA) is 34.1 Å². The summed E-state index contributed by atoms with van der Waals surface area (Å²) >= 11 is 6.56. The second kappa shape index (κ2) is 9.06. The van der Waals surface area contributed by atoms with Crippen molar-refractivity contribution in [3.8, 4) is 5.75 Å². The van der Waals surface area contributed by atoms with E-state index >= 15 is 0 Å². The minimum absolute atomic E-state index is 0. The van der Waals surface area contributed by atoms with Gasteiger partial charge in [-0.25, -0.2) is 0 Å². The molecule has 1 aliphatic rings. The van der Waals surface area contributed by atoms with E-state index in [9.17, 15) is 0 Å². The van der Waals surface area contributed by atoms with E-state index < -0.39 is 0 Å². The largest absolute Gasteiger partial charge is 1.00 e. The van der Waals surface area contributed by atoms with Crippen molar-refractivity contribution < 1.29 is 28.3 Å². The molecule has 0 amide bonds. The minimum Gasteiger partial charge on any atom is -0.499 e. The van der Waals surface area contributed by atoms with Gasteiger partial charge in [-0.3, -0.25) is 4.99 Å². The third kappa shape index (κ3) is 5.10. The van der Waals surface area contributed by atoms with Crippen LogP contribution in [0.1, 0.15) is 31.9 Å². The number of fused-ring (bicyclic) bond motifs is 1. The van der Waals surface area contributed by atoms with Gasteiger partial charge in [0, 0.05) is 19.2 Å². The van der Waals surface area contributed by atoms with Gasteiger partial charge in [-0.15, -0.1) is 17.2 Å². The first kappa shape index (κ1) is 21.3. The van der Waals surface area contributed by atoms with Crippen molar-refractivity contribution in [1.29, 1.82) is 0 Å². The quantitative estimate of drug-likeness (QED) is 0.259. The SMILES string of the molecule is COC[C@@H](N=CN1CCc2cc(OC)ccc2[C-]1Cl)C(C)(C)C.[Li+]. The van der Waals surface area contributed by atoms with Crippen molar-refractivity contribution in [1.82, 2.24) is 4.90 Å². The van der Waals surface area contributed by atoms with Gasteiger partial charge in [-0.2, -0.15) is 11.6 Å². The van der Waals surface area contributed by atoms with Crippen LogP contribution in [0.5, 0.6) is 5.75 Å². The van der Waals surface area contributed by atoms with Crippen molar-refractivity contribution in [3.63, 3.8) is 0 Å². The molecule has 0 N–H and O–H groups in total. The van der Waals surface area contributed by atoms with Crippen molar-refractivity contribution in [3.05, 3.63) is 34.8 Å². The number of aliphatic imine (C=N–C) groups is 1. The monoisotopic (exact) mass is 344 g/mol. The Labute approximate surface area is 162 Å². The number of halogens is 1. The Morgan fingerprint density at radius 2 is 2.08 bits per heavy atom. The first-order valence-corrected chi connectivity index (χ1v) is 8.23. The fourth-order valence-corrected chi connectivity index (χ4v) is 2.86. The standard InChI is InChI=1S/C18H26ClN2O2.Li/c1-18(2,3)16(11-22-4)20-12-21-9-8-13-10-14(23-5)6-7-15(13)17(21)19;/h6-7,10,12,16H,8-9,11H2,1-5H3;/q-1;+1/t16-;/m1./s1. The van der Waals surface area contributed by atoms with Crippen LogP contribution in [-0.2, 0) is 11.2 Å². The maximum Gasteiger partial charge on any atom is 1.00 e. The number of hydrogen-bond acceptors (Lipinski definition) is 3. The van der Waals surface area contributed by atoms with E-state index in [0.717, 1.165) is 24.3 Å². The molecule has 0 radical (unpaired) electrons. The average Bonchev–Trinajstić information content (AvgIpc) is 2.51. The van der Waals surface area contributed by atoms with E-state index in [0.29, 0.717) is 12.1 Å². The first-order valence-electron chi connectivity index (χ1n) is 7.85. The Kier molecular flexibility index (Phi) is 8.02. The molecule has 1 aromatic carbocycles. The Morgan fingerprint density at radius 1 is 1.38 bits per heavy atom. The van der Waals surface area contributed by atoms with Gasteiger partial charge in [0.05, 0.1) is 31.8 Å². The van der Waals surface area contributed by atoms with E-state index in [-0.39, 0.29) is 30.3 Å². The maximum atomic E-state index is 6.56. The predicted molar refractivity (Wildman–Crippen MR) is 95.2 cm³/mol. The molecule has 2 rings (SSSR count). The number of methoxy groups -OCH3 is 2. The molecule has 4 nitrogen and oxygen atoms in total. The van der Waals surface area contributed by atoms with Gasteiger partial charge in [0.1, 0.15) is 0 Å². The van der Waals surface area contributed by atoms with Crippen molar-refractivity contribution in [2.45, 2.75) is 33.2 Å². The summed E-state index contributed by atoms with van der Waals surface area (Å²) in [6.07, 6.45) is 2.77. The zero-order valence-electron chi connectivity index (χ0n) is 15.6. The van der Waals surface area contributed by atoms with Crippen LogP contribution >= 0.6 is 11.6 Å². The second-order valence-corrected chi connectivity index (χ2v) is 7.22. The van der Waals surface area contributed by atoms with E-state index in [1.165, 1.54) is 5.56 Å². The van der Waals surface area contributed by atoms with E-state index in [4.69, 9.17) is 26.1 Å². The Balaban J connectivity index is 0.00000288. The van der Waals surface area contributed by atoms with Crippen LogP contribution in [0.4, 0.5) is 0 Å². The number of hydrogen-bond donors (Lipinski definition) is 0. The van der Waals surface area contributed by atoms with Gasteiger partial charge in [-0.1, -0.05) is 39.3 Å². The summed E-state index contributed by atoms with van der Waals surface area (Å²) in [7, 11) is 3.38. The number of rotatable bonds is 5. The molecule has 0 unspecified atom stereocenters. The predicted octanol–water partition coefficient (Wildman–Crippen LogP) is 0.723. The molecule has 0 spiro atoms. The van der Waals surface area contributed by atoms with Crippen LogP contribution in [0.3, 0.4) is 0 Å². The van der Waals surface area contributed by atoms with Crippen LogP contribution in [0.2, 0.25) is 0 Å². The van der Waals surface area contributed by atoms with E-state index in [2.05, 4.69) is 26.8 Å². The molecule has 6 heteroatoms. The number of nitrogens with zero attached hydrogens (tertiary/aromatic N) is 2. The van der Waals surface area contributed by atoms with Crippen molar-refractivity contribution in [2.75, 3.05) is 27.4 Å². The Morgan fingerprint density at radius 3 is 2.67 bits per heavy atom. The summed E-state index contributed by atoms with van der Waals surface area (Å²) in [5.41, 5.74) is 3.01. The summed E-state index contributed by atoms with van der Waals surface area (Å²) in [5.74, 6) is 0.864. The smallest absolute Gasteiger partial charge is 0.499 e. The zero-order valence-corrected chi connectivity index (χ0v) is 16.4. The molecule has 1 heterocycles. The van der Waals surface area contributed by atoms with E-state index in [1.54, 1.807) is 14.2 Å². The summed E-state index contributed by atoms with van der Waals surface area (Å²) in [6.45, 7) is 7.90. The molecule has 128 valence electrons. The molecule has 1 aliphatic heterocycles. The molecule has 0 saturated carbocycles. The molecule has 0 bridgehead atoms. The van der Waals surface area contributed by atoms with Crippen LogP contribution in [0.15, 0.2) is 23.2 Å². The molecule has 0 saturated heterocycles. The molecule has 1 aromatic rings. The zero-order chi connectivity index (χ0) is 17.0. The van der Waals surface area contributed by atoms with Crippen LogP contribution in [-0.4, -0.2) is 44.7 Å². The molecule has 0 aromatic heterocycles. The van der Waals surface area contributed by atoms with Gasteiger partial charge in [0.2, 0.25) is 0 Å². The minimum atomic E-state index is 0. The maximum absolute atomic E-state index is 6.56. The van der Waals surface area contributed by atoms with Crippen LogP contribution in [0.25, 0.3) is 0 Å². The molecule has 0 aliphatic carbocycles. The van der Waals surface area contributed by atoms with Gasteiger partial charge < -0.3 is 14.4 Å². The fourth-order valence-electron chi connectivity index (χ4n) is 2.54. The summed E-state index contributed by atoms with van der Waals surface area (Å²) < 4.78 is 10.6. The summed E-state index contributed by atoms with van der Waals surface area (Å²) in [5, 5.41) is 0. The average molecular weight is 345 g/mol. The van der Waals surface area contributed by atoms with Gasteiger partial charge in [0.25, 0.3) is 0 Å². The summed E-state index contributed by atoms with van der Waals surface area (Å²) in [6, 6.07) is 6.08. The van der Waals surface area contributed by atoms with Gasteiger partial charge >= 0.3 is 18.9 Å². The summed E-state index contributed by atoms with van der Waals surface area (Å²) in [4.78, 5) is 6.72. The van der Waals surface area contributed by atoms with Gasteiger partial charge in [-0.05, 0) is 5.41 Å². The van der Waals surface area contributed by atoms with Crippen molar-refractivity contribution >= 4 is 17.9 Å². The molecule has 0 fully saturated rings. The molecular formula is C18H26ClLiN2O2. The Bertz CT molecular complexity index is 560. The molecular weight excluding hydrogens is 319 g/mol. The van der Waals surface area contributed by atoms with E-state index in [1.807, 2.05) is 23.4 Å². The third-order valence-electron chi connectivity index (χ3n) is 4.12. The molecule has 1 atom stereocenters.